The fraction of sp³-hybridized carbons (Fsp3) is 0.438. The molecule has 1 rings (SSSR count). The number of amides is 1. The first kappa shape index (κ1) is 19.2. The van der Waals surface area contributed by atoms with Gasteiger partial charge in [-0.05, 0) is 37.5 Å². The number of thioether (sulfide) groups is 1. The molecule has 0 unspecified atom stereocenters. The number of ether oxygens (including phenoxy) is 1. The SMILES string of the molecule is COCC(=O)SCC(=O)N(CC(=O)O)c1c(C)ccc(C)c1C. The molecule has 0 saturated carbocycles. The Labute approximate surface area is 139 Å². The molecule has 0 aromatic heterocycles. The number of hydrogen-bond acceptors (Lipinski definition) is 5. The highest BCUT2D eigenvalue weighted by atomic mass is 32.2. The largest absolute Gasteiger partial charge is 0.480 e. The molecule has 1 aromatic rings. The molecule has 0 saturated heterocycles. The molecule has 1 N–H and O–H groups in total. The van der Waals surface area contributed by atoms with Gasteiger partial charge >= 0.3 is 5.97 Å². The number of carboxylic acid groups (broad SMARTS) is 1. The van der Waals surface area contributed by atoms with E-state index < -0.39 is 18.4 Å². The first-order valence-corrected chi connectivity index (χ1v) is 8.00. The number of carboxylic acids is 1. The normalized spacial score (nSPS) is 10.4. The number of hydrogen-bond donors (Lipinski definition) is 1. The van der Waals surface area contributed by atoms with Gasteiger partial charge in [0.05, 0.1) is 11.4 Å². The molecule has 0 fully saturated rings. The van der Waals surface area contributed by atoms with Crippen LogP contribution in [-0.4, -0.2) is 48.1 Å². The number of carbonyl (C=O) groups is 3. The van der Waals surface area contributed by atoms with Crippen LogP contribution in [0, 0.1) is 20.8 Å². The van der Waals surface area contributed by atoms with E-state index in [4.69, 9.17) is 9.84 Å². The van der Waals surface area contributed by atoms with Crippen LogP contribution in [0.1, 0.15) is 16.7 Å². The third-order valence-electron chi connectivity index (χ3n) is 3.39. The van der Waals surface area contributed by atoms with Crippen LogP contribution in [0.3, 0.4) is 0 Å². The predicted octanol–water partition coefficient (Wildman–Crippen LogP) is 1.94. The summed E-state index contributed by atoms with van der Waals surface area (Å²) in [5, 5.41) is 8.85. The number of carbonyl (C=O) groups excluding carboxylic acids is 2. The molecule has 1 amide bonds. The minimum Gasteiger partial charge on any atom is -0.480 e. The number of rotatable bonds is 7. The van der Waals surface area contributed by atoms with E-state index in [1.54, 1.807) is 0 Å². The van der Waals surface area contributed by atoms with Gasteiger partial charge in [-0.15, -0.1) is 0 Å². The Kier molecular flexibility index (Phi) is 7.25. The zero-order chi connectivity index (χ0) is 17.6. The predicted molar refractivity (Wildman–Crippen MR) is 90.0 cm³/mol. The van der Waals surface area contributed by atoms with E-state index in [2.05, 4.69) is 0 Å². The molecule has 0 bridgehead atoms. The minimum atomic E-state index is -1.10. The summed E-state index contributed by atoms with van der Waals surface area (Å²) >= 11 is 0.827. The lowest BCUT2D eigenvalue weighted by atomic mass is 10.0. The second-order valence-electron chi connectivity index (χ2n) is 5.14. The fourth-order valence-electron chi connectivity index (χ4n) is 2.16. The number of benzene rings is 1. The summed E-state index contributed by atoms with van der Waals surface area (Å²) in [7, 11) is 1.40. The maximum Gasteiger partial charge on any atom is 0.323 e. The van der Waals surface area contributed by atoms with Gasteiger partial charge in [-0.3, -0.25) is 19.3 Å². The van der Waals surface area contributed by atoms with Crippen molar-refractivity contribution < 1.29 is 24.2 Å². The van der Waals surface area contributed by atoms with Crippen LogP contribution in [-0.2, 0) is 19.1 Å². The summed E-state index contributed by atoms with van der Waals surface area (Å²) in [6.45, 7) is 5.05. The molecule has 0 atom stereocenters. The summed E-state index contributed by atoms with van der Waals surface area (Å²) in [4.78, 5) is 36.3. The van der Waals surface area contributed by atoms with E-state index in [1.807, 2.05) is 32.9 Å². The van der Waals surface area contributed by atoms with E-state index in [-0.39, 0.29) is 17.5 Å². The lowest BCUT2D eigenvalue weighted by Gasteiger charge is -2.25. The van der Waals surface area contributed by atoms with Gasteiger partial charge in [0, 0.05) is 7.11 Å². The van der Waals surface area contributed by atoms with Crippen molar-refractivity contribution in [2.24, 2.45) is 0 Å². The number of nitrogens with zero attached hydrogens (tertiary/aromatic N) is 1. The highest BCUT2D eigenvalue weighted by Crippen LogP contribution is 2.28. The monoisotopic (exact) mass is 339 g/mol. The van der Waals surface area contributed by atoms with Crippen LogP contribution in [0.2, 0.25) is 0 Å². The van der Waals surface area contributed by atoms with Crippen molar-refractivity contribution in [1.29, 1.82) is 0 Å². The van der Waals surface area contributed by atoms with Crippen molar-refractivity contribution in [2.75, 3.05) is 30.9 Å². The molecule has 23 heavy (non-hydrogen) atoms. The summed E-state index contributed by atoms with van der Waals surface area (Å²) in [5.74, 6) is -1.65. The molecule has 1 aromatic carbocycles. The molecule has 7 heteroatoms. The van der Waals surface area contributed by atoms with Gasteiger partial charge in [0.2, 0.25) is 11.0 Å². The van der Waals surface area contributed by atoms with Crippen molar-refractivity contribution in [2.45, 2.75) is 20.8 Å². The second kappa shape index (κ2) is 8.69. The average Bonchev–Trinajstić information content (AvgIpc) is 2.48. The maximum absolute atomic E-state index is 12.5. The minimum absolute atomic E-state index is 0.0840. The van der Waals surface area contributed by atoms with Crippen LogP contribution >= 0.6 is 11.8 Å². The maximum atomic E-state index is 12.5. The molecule has 0 radical (unpaired) electrons. The van der Waals surface area contributed by atoms with Crippen molar-refractivity contribution in [3.8, 4) is 0 Å². The number of aliphatic carboxylic acids is 1. The zero-order valence-electron chi connectivity index (χ0n) is 13.7. The molecule has 126 valence electrons. The van der Waals surface area contributed by atoms with Crippen LogP contribution < -0.4 is 4.90 Å². The van der Waals surface area contributed by atoms with Gasteiger partial charge in [0.15, 0.2) is 0 Å². The summed E-state index contributed by atoms with van der Waals surface area (Å²) in [6.07, 6.45) is 0. The van der Waals surface area contributed by atoms with E-state index in [1.165, 1.54) is 12.0 Å². The highest BCUT2D eigenvalue weighted by molar-refractivity contribution is 8.14. The van der Waals surface area contributed by atoms with Gasteiger partial charge in [0.25, 0.3) is 0 Å². The number of anilines is 1. The van der Waals surface area contributed by atoms with E-state index in [0.29, 0.717) is 5.69 Å². The van der Waals surface area contributed by atoms with Crippen molar-refractivity contribution in [3.05, 3.63) is 28.8 Å². The second-order valence-corrected chi connectivity index (χ2v) is 6.17. The van der Waals surface area contributed by atoms with Crippen LogP contribution in [0.4, 0.5) is 5.69 Å². The van der Waals surface area contributed by atoms with Crippen molar-refractivity contribution in [1.82, 2.24) is 0 Å². The van der Waals surface area contributed by atoms with Gasteiger partial charge in [-0.2, -0.15) is 0 Å². The molecular weight excluding hydrogens is 318 g/mol. The van der Waals surface area contributed by atoms with Crippen LogP contribution in [0.15, 0.2) is 12.1 Å². The topological polar surface area (TPSA) is 83.9 Å². The summed E-state index contributed by atoms with van der Waals surface area (Å²) < 4.78 is 4.71. The lowest BCUT2D eigenvalue weighted by molar-refractivity contribution is -0.136. The smallest absolute Gasteiger partial charge is 0.323 e. The Balaban J connectivity index is 3.06. The number of methoxy groups -OCH3 is 1. The molecule has 0 aliphatic carbocycles. The molecule has 6 nitrogen and oxygen atoms in total. The van der Waals surface area contributed by atoms with Crippen molar-refractivity contribution in [3.63, 3.8) is 0 Å². The van der Waals surface area contributed by atoms with Gasteiger partial charge < -0.3 is 9.84 Å². The van der Waals surface area contributed by atoms with Gasteiger partial charge in [-0.1, -0.05) is 23.9 Å². The van der Waals surface area contributed by atoms with E-state index in [9.17, 15) is 14.4 Å². The first-order chi connectivity index (χ1) is 10.8. The summed E-state index contributed by atoms with van der Waals surface area (Å²) in [5.41, 5.74) is 3.23. The van der Waals surface area contributed by atoms with E-state index in [0.717, 1.165) is 28.5 Å². The third-order valence-corrected chi connectivity index (χ3v) is 4.22. The summed E-state index contributed by atoms with van der Waals surface area (Å²) in [6, 6.07) is 3.78. The lowest BCUT2D eigenvalue weighted by Crippen LogP contribution is -2.38. The Bertz CT molecular complexity index is 615. The van der Waals surface area contributed by atoms with Crippen LogP contribution in [0.25, 0.3) is 0 Å². The number of aryl methyl sites for hydroxylation is 2. The molecule has 0 heterocycles. The molecule has 0 spiro atoms. The standard InChI is InChI=1S/C16H21NO5S/c1-10-5-6-11(2)16(12(10)3)17(7-14(19)20)13(18)9-23-15(21)8-22-4/h5-6H,7-9H2,1-4H3,(H,19,20). The Morgan fingerprint density at radius 3 is 2.35 bits per heavy atom. The van der Waals surface area contributed by atoms with E-state index >= 15 is 0 Å². The molecule has 0 aliphatic rings. The third kappa shape index (κ3) is 5.37. The first-order valence-electron chi connectivity index (χ1n) is 7.01. The fourth-order valence-corrected chi connectivity index (χ4v) is 2.80. The highest BCUT2D eigenvalue weighted by Gasteiger charge is 2.23. The van der Waals surface area contributed by atoms with Crippen LogP contribution in [0.5, 0.6) is 0 Å². The Hall–Kier alpha value is -1.86. The molecule has 0 aliphatic heterocycles. The van der Waals surface area contributed by atoms with Gasteiger partial charge in [0.1, 0.15) is 13.2 Å². The quantitative estimate of drug-likeness (QED) is 0.817. The Morgan fingerprint density at radius 1 is 1.17 bits per heavy atom. The Morgan fingerprint density at radius 2 is 1.78 bits per heavy atom. The average molecular weight is 339 g/mol. The van der Waals surface area contributed by atoms with Gasteiger partial charge in [-0.25, -0.2) is 0 Å². The van der Waals surface area contributed by atoms with Crippen molar-refractivity contribution >= 4 is 34.4 Å². The molecular formula is C16H21NO5S. The zero-order valence-corrected chi connectivity index (χ0v) is 14.5.